The summed E-state index contributed by atoms with van der Waals surface area (Å²) in [6.07, 6.45) is 4.46. The second kappa shape index (κ2) is 7.68. The fourth-order valence-corrected chi connectivity index (χ4v) is 4.26. The Morgan fingerprint density at radius 2 is 2.00 bits per heavy atom. The van der Waals surface area contributed by atoms with E-state index in [1.807, 2.05) is 9.80 Å². The quantitative estimate of drug-likeness (QED) is 0.898. The minimum absolute atomic E-state index is 0.00317. The number of benzene rings is 1. The van der Waals surface area contributed by atoms with Crippen LogP contribution in [0.5, 0.6) is 5.75 Å². The van der Waals surface area contributed by atoms with Crippen LogP contribution in [-0.4, -0.2) is 52.9 Å². The monoisotopic (exact) mass is 358 g/mol. The van der Waals surface area contributed by atoms with Crippen molar-refractivity contribution in [2.45, 2.75) is 46.0 Å². The number of aromatic hydroxyl groups is 1. The highest BCUT2D eigenvalue weighted by Gasteiger charge is 2.42. The molecule has 2 saturated heterocycles. The van der Waals surface area contributed by atoms with E-state index >= 15 is 0 Å². The number of para-hydroxylation sites is 1. The fourth-order valence-electron chi connectivity index (χ4n) is 4.26. The molecule has 0 radical (unpaired) electrons. The van der Waals surface area contributed by atoms with Gasteiger partial charge in [-0.3, -0.25) is 9.59 Å². The molecule has 1 N–H and O–H groups in total. The van der Waals surface area contributed by atoms with Crippen LogP contribution in [0.4, 0.5) is 0 Å². The summed E-state index contributed by atoms with van der Waals surface area (Å²) in [4.78, 5) is 29.1. The van der Waals surface area contributed by atoms with E-state index in [1.165, 1.54) is 0 Å². The van der Waals surface area contributed by atoms with Crippen molar-refractivity contribution < 1.29 is 14.7 Å². The molecule has 3 rings (SSSR count). The number of carbonyl (C=O) groups excluding carboxylic acids is 2. The lowest BCUT2D eigenvalue weighted by molar-refractivity contribution is -0.139. The predicted molar refractivity (Wildman–Crippen MR) is 101 cm³/mol. The molecule has 2 fully saturated rings. The third-order valence-electron chi connectivity index (χ3n) is 5.81. The maximum absolute atomic E-state index is 12.9. The lowest BCUT2D eigenvalue weighted by atomic mass is 9.73. The summed E-state index contributed by atoms with van der Waals surface area (Å²) in [6, 6.07) is 6.74. The molecule has 2 heterocycles. The molecule has 1 unspecified atom stereocenters. The van der Waals surface area contributed by atoms with Gasteiger partial charge in [0.05, 0.1) is 5.56 Å². The zero-order chi connectivity index (χ0) is 18.7. The first-order valence-electron chi connectivity index (χ1n) is 9.75. The molecule has 26 heavy (non-hydrogen) atoms. The van der Waals surface area contributed by atoms with Crippen LogP contribution in [0.3, 0.4) is 0 Å². The molecule has 5 nitrogen and oxygen atoms in total. The Morgan fingerprint density at radius 1 is 1.23 bits per heavy atom. The van der Waals surface area contributed by atoms with E-state index in [1.54, 1.807) is 24.3 Å². The lowest BCUT2D eigenvalue weighted by Crippen LogP contribution is -2.55. The van der Waals surface area contributed by atoms with Crippen molar-refractivity contribution in [3.05, 3.63) is 29.8 Å². The highest BCUT2D eigenvalue weighted by Crippen LogP contribution is 2.39. The number of nitrogens with zero attached hydrogens (tertiary/aromatic N) is 2. The van der Waals surface area contributed by atoms with E-state index in [4.69, 9.17) is 0 Å². The molecule has 1 atom stereocenters. The second-order valence-corrected chi connectivity index (χ2v) is 8.35. The van der Waals surface area contributed by atoms with Crippen LogP contribution in [0.15, 0.2) is 24.3 Å². The molecule has 2 aliphatic heterocycles. The van der Waals surface area contributed by atoms with Gasteiger partial charge in [-0.15, -0.1) is 0 Å². The van der Waals surface area contributed by atoms with E-state index in [0.717, 1.165) is 45.3 Å². The van der Waals surface area contributed by atoms with Crippen LogP contribution < -0.4 is 0 Å². The molecule has 2 aliphatic rings. The van der Waals surface area contributed by atoms with Gasteiger partial charge in [-0.2, -0.15) is 0 Å². The Morgan fingerprint density at radius 3 is 2.73 bits per heavy atom. The Kier molecular flexibility index (Phi) is 5.54. The number of piperidine rings is 2. The van der Waals surface area contributed by atoms with E-state index in [0.29, 0.717) is 24.4 Å². The normalized spacial score (nSPS) is 23.7. The SMILES string of the molecule is CC(C)CCN1CC2(CCCN(C(=O)c3ccccc3O)C2)CCC1=O. The van der Waals surface area contributed by atoms with Gasteiger partial charge >= 0.3 is 0 Å². The zero-order valence-electron chi connectivity index (χ0n) is 15.9. The van der Waals surface area contributed by atoms with Crippen LogP contribution >= 0.6 is 0 Å². The molecule has 0 aliphatic carbocycles. The third kappa shape index (κ3) is 4.02. The third-order valence-corrected chi connectivity index (χ3v) is 5.81. The number of amides is 2. The van der Waals surface area contributed by atoms with E-state index in [-0.39, 0.29) is 23.0 Å². The smallest absolute Gasteiger partial charge is 0.257 e. The van der Waals surface area contributed by atoms with Gasteiger partial charge in [0.25, 0.3) is 5.91 Å². The van der Waals surface area contributed by atoms with Crippen molar-refractivity contribution in [3.8, 4) is 5.75 Å². The molecule has 1 aromatic carbocycles. The summed E-state index contributed by atoms with van der Waals surface area (Å²) in [7, 11) is 0. The standard InChI is InChI=1S/C21H30N2O3/c1-16(2)9-13-22-14-21(11-8-19(22)25)10-5-12-23(15-21)20(26)17-6-3-4-7-18(17)24/h3-4,6-7,16,24H,5,8-15H2,1-2H3. The Balaban J connectivity index is 1.71. The number of phenolic OH excluding ortho intramolecular Hbond substituents is 1. The summed E-state index contributed by atoms with van der Waals surface area (Å²) in [5.74, 6) is 0.758. The Bertz CT molecular complexity index is 673. The fraction of sp³-hybridized carbons (Fsp3) is 0.619. The lowest BCUT2D eigenvalue weighted by Gasteiger charge is -2.48. The van der Waals surface area contributed by atoms with Crippen molar-refractivity contribution in [1.82, 2.24) is 9.80 Å². The van der Waals surface area contributed by atoms with Crippen LogP contribution in [-0.2, 0) is 4.79 Å². The first-order chi connectivity index (χ1) is 12.4. The van der Waals surface area contributed by atoms with Gasteiger partial charge in [0.1, 0.15) is 5.75 Å². The molecule has 1 aromatic rings. The average Bonchev–Trinajstić information content (AvgIpc) is 2.63. The number of likely N-dealkylation sites (tertiary alicyclic amines) is 2. The minimum Gasteiger partial charge on any atom is -0.507 e. The first-order valence-corrected chi connectivity index (χ1v) is 9.75. The molecule has 2 amide bonds. The van der Waals surface area contributed by atoms with Gasteiger partial charge in [-0.05, 0) is 43.7 Å². The molecule has 1 spiro atoms. The zero-order valence-corrected chi connectivity index (χ0v) is 15.9. The van der Waals surface area contributed by atoms with E-state index < -0.39 is 0 Å². The number of rotatable bonds is 4. The molecular weight excluding hydrogens is 328 g/mol. The molecule has 0 saturated carbocycles. The van der Waals surface area contributed by atoms with Crippen molar-refractivity contribution in [1.29, 1.82) is 0 Å². The Labute approximate surface area is 156 Å². The number of hydrogen-bond acceptors (Lipinski definition) is 3. The molecule has 0 aromatic heterocycles. The average molecular weight is 358 g/mol. The highest BCUT2D eigenvalue weighted by atomic mass is 16.3. The van der Waals surface area contributed by atoms with Crippen molar-refractivity contribution in [3.63, 3.8) is 0 Å². The minimum atomic E-state index is -0.104. The predicted octanol–water partition coefficient (Wildman–Crippen LogP) is 3.28. The van der Waals surface area contributed by atoms with Crippen LogP contribution in [0, 0.1) is 11.3 Å². The van der Waals surface area contributed by atoms with Crippen molar-refractivity contribution >= 4 is 11.8 Å². The summed E-state index contributed by atoms with van der Waals surface area (Å²) in [6.45, 7) is 7.31. The van der Waals surface area contributed by atoms with Crippen LogP contribution in [0.25, 0.3) is 0 Å². The summed E-state index contributed by atoms with van der Waals surface area (Å²) in [5, 5.41) is 10.0. The van der Waals surface area contributed by atoms with Crippen LogP contribution in [0.2, 0.25) is 0 Å². The van der Waals surface area contributed by atoms with E-state index in [2.05, 4.69) is 13.8 Å². The second-order valence-electron chi connectivity index (χ2n) is 8.35. The highest BCUT2D eigenvalue weighted by molar-refractivity contribution is 5.96. The van der Waals surface area contributed by atoms with Gasteiger partial charge in [-0.25, -0.2) is 0 Å². The van der Waals surface area contributed by atoms with Gasteiger partial charge in [0.15, 0.2) is 0 Å². The van der Waals surface area contributed by atoms with E-state index in [9.17, 15) is 14.7 Å². The summed E-state index contributed by atoms with van der Waals surface area (Å²) >= 11 is 0. The van der Waals surface area contributed by atoms with Crippen LogP contribution in [0.1, 0.15) is 56.3 Å². The Hall–Kier alpha value is -2.04. The first kappa shape index (κ1) is 18.7. The summed E-state index contributed by atoms with van der Waals surface area (Å²) < 4.78 is 0. The maximum Gasteiger partial charge on any atom is 0.257 e. The topological polar surface area (TPSA) is 60.9 Å². The largest absolute Gasteiger partial charge is 0.507 e. The van der Waals surface area contributed by atoms with Gasteiger partial charge in [0.2, 0.25) is 5.91 Å². The van der Waals surface area contributed by atoms with Gasteiger partial charge in [-0.1, -0.05) is 26.0 Å². The molecule has 5 heteroatoms. The number of carbonyl (C=O) groups is 2. The number of phenols is 1. The van der Waals surface area contributed by atoms with Crippen molar-refractivity contribution in [2.24, 2.45) is 11.3 Å². The molecule has 0 bridgehead atoms. The molecular formula is C21H30N2O3. The molecule has 142 valence electrons. The van der Waals surface area contributed by atoms with Gasteiger partial charge < -0.3 is 14.9 Å². The van der Waals surface area contributed by atoms with Gasteiger partial charge in [0, 0.05) is 38.0 Å². The van der Waals surface area contributed by atoms with Crippen molar-refractivity contribution in [2.75, 3.05) is 26.2 Å². The number of hydrogen-bond donors (Lipinski definition) is 1. The summed E-state index contributed by atoms with van der Waals surface area (Å²) in [5.41, 5.74) is 0.372. The maximum atomic E-state index is 12.9.